The molecule has 1 aromatic heterocycles. The molecule has 4 nitrogen and oxygen atoms in total. The highest BCUT2D eigenvalue weighted by Crippen LogP contribution is 2.22. The van der Waals surface area contributed by atoms with Crippen LogP contribution in [0.15, 0.2) is 0 Å². The Hall–Kier alpha value is -0.520. The maximum atomic E-state index is 5.92. The summed E-state index contributed by atoms with van der Waals surface area (Å²) >= 11 is 1.63. The van der Waals surface area contributed by atoms with Crippen molar-refractivity contribution in [3.8, 4) is 0 Å². The van der Waals surface area contributed by atoms with Crippen LogP contribution in [0.3, 0.4) is 0 Å². The van der Waals surface area contributed by atoms with Crippen LogP contribution in [0.2, 0.25) is 0 Å². The van der Waals surface area contributed by atoms with E-state index < -0.39 is 0 Å². The Morgan fingerprint density at radius 2 is 2.38 bits per heavy atom. The predicted octanol–water partition coefficient (Wildman–Crippen LogP) is 2.06. The van der Waals surface area contributed by atoms with E-state index in [1.807, 2.05) is 0 Å². The summed E-state index contributed by atoms with van der Waals surface area (Å²) in [5.74, 6) is 0. The lowest BCUT2D eigenvalue weighted by Gasteiger charge is -2.21. The molecule has 1 aliphatic rings. The Morgan fingerprint density at radius 1 is 1.50 bits per heavy atom. The molecule has 1 aliphatic heterocycles. The highest BCUT2D eigenvalue weighted by atomic mass is 32.1. The second kappa shape index (κ2) is 5.70. The molecule has 0 spiro atoms. The Balaban J connectivity index is 1.91. The lowest BCUT2D eigenvalue weighted by molar-refractivity contribution is 0.0167. The Labute approximate surface area is 100 Å². The van der Waals surface area contributed by atoms with Crippen molar-refractivity contribution in [3.63, 3.8) is 0 Å². The van der Waals surface area contributed by atoms with Crippen molar-refractivity contribution in [2.75, 3.05) is 6.61 Å². The molecule has 0 amide bonds. The molecule has 0 aliphatic carbocycles. The van der Waals surface area contributed by atoms with Crippen LogP contribution in [0.4, 0.5) is 0 Å². The fraction of sp³-hybridized carbons (Fsp3) is 0.818. The van der Waals surface area contributed by atoms with Gasteiger partial charge < -0.3 is 10.5 Å². The number of hydrogen-bond donors (Lipinski definition) is 1. The molecule has 1 aromatic rings. The molecule has 2 N–H and O–H groups in total. The smallest absolute Gasteiger partial charge is 0.134 e. The number of rotatable bonds is 4. The van der Waals surface area contributed by atoms with Crippen molar-refractivity contribution >= 4 is 11.3 Å². The summed E-state index contributed by atoms with van der Waals surface area (Å²) in [6, 6.07) is 0.0403. The van der Waals surface area contributed by atoms with E-state index in [1.54, 1.807) is 11.3 Å². The van der Waals surface area contributed by atoms with Gasteiger partial charge in [0.2, 0.25) is 0 Å². The molecule has 0 aromatic carbocycles. The summed E-state index contributed by atoms with van der Waals surface area (Å²) < 4.78 is 5.69. The molecule has 90 valence electrons. The van der Waals surface area contributed by atoms with Crippen molar-refractivity contribution in [2.45, 2.75) is 51.2 Å². The molecule has 2 atom stereocenters. The molecule has 0 saturated carbocycles. The standard InChI is InChI=1S/C11H19N3OS/c1-2-9(12)11-14-13-10(16-11)7-8-5-3-4-6-15-8/h8-9H,2-7,12H2,1H3. The van der Waals surface area contributed by atoms with Gasteiger partial charge in [0.05, 0.1) is 12.1 Å². The summed E-state index contributed by atoms with van der Waals surface area (Å²) in [4.78, 5) is 0. The molecule has 1 saturated heterocycles. The highest BCUT2D eigenvalue weighted by molar-refractivity contribution is 7.11. The number of nitrogens with two attached hydrogens (primary N) is 1. The third-order valence-electron chi connectivity index (χ3n) is 2.92. The third kappa shape index (κ3) is 2.99. The monoisotopic (exact) mass is 241 g/mol. The molecule has 5 heteroatoms. The summed E-state index contributed by atoms with van der Waals surface area (Å²) in [5.41, 5.74) is 5.92. The average Bonchev–Trinajstić information content (AvgIpc) is 2.78. The normalized spacial score (nSPS) is 23.2. The minimum Gasteiger partial charge on any atom is -0.378 e. The lowest BCUT2D eigenvalue weighted by atomic mass is 10.1. The zero-order valence-electron chi connectivity index (χ0n) is 9.69. The Morgan fingerprint density at radius 3 is 3.06 bits per heavy atom. The number of ether oxygens (including phenoxy) is 1. The van der Waals surface area contributed by atoms with E-state index in [-0.39, 0.29) is 6.04 Å². The summed E-state index contributed by atoms with van der Waals surface area (Å²) in [5, 5.41) is 10.3. The second-order valence-corrected chi connectivity index (χ2v) is 5.34. The van der Waals surface area contributed by atoms with E-state index in [4.69, 9.17) is 10.5 Å². The highest BCUT2D eigenvalue weighted by Gasteiger charge is 2.18. The van der Waals surface area contributed by atoms with E-state index in [2.05, 4.69) is 17.1 Å². The zero-order valence-corrected chi connectivity index (χ0v) is 10.5. The minimum atomic E-state index is 0.0403. The second-order valence-electron chi connectivity index (χ2n) is 4.24. The maximum absolute atomic E-state index is 5.92. The van der Waals surface area contributed by atoms with Gasteiger partial charge in [0.25, 0.3) is 0 Å². The van der Waals surface area contributed by atoms with Crippen molar-refractivity contribution in [1.29, 1.82) is 0 Å². The fourth-order valence-corrected chi connectivity index (χ4v) is 2.83. The van der Waals surface area contributed by atoms with Crippen molar-refractivity contribution in [3.05, 3.63) is 10.0 Å². The van der Waals surface area contributed by atoms with Gasteiger partial charge in [-0.3, -0.25) is 0 Å². The van der Waals surface area contributed by atoms with Crippen LogP contribution in [0.1, 0.15) is 48.7 Å². The first-order valence-electron chi connectivity index (χ1n) is 5.99. The van der Waals surface area contributed by atoms with E-state index in [9.17, 15) is 0 Å². The molecule has 16 heavy (non-hydrogen) atoms. The molecular weight excluding hydrogens is 222 g/mol. The first kappa shape index (κ1) is 12.0. The van der Waals surface area contributed by atoms with Gasteiger partial charge >= 0.3 is 0 Å². The maximum Gasteiger partial charge on any atom is 0.134 e. The van der Waals surface area contributed by atoms with E-state index in [0.717, 1.165) is 35.9 Å². The minimum absolute atomic E-state index is 0.0403. The SMILES string of the molecule is CCC(N)c1nnc(CC2CCCCO2)s1. The van der Waals surface area contributed by atoms with Crippen molar-refractivity contribution < 1.29 is 4.74 Å². The van der Waals surface area contributed by atoms with Crippen LogP contribution < -0.4 is 5.73 Å². The number of aromatic nitrogens is 2. The van der Waals surface area contributed by atoms with Gasteiger partial charge in [0, 0.05) is 13.0 Å². The predicted molar refractivity (Wildman–Crippen MR) is 64.4 cm³/mol. The van der Waals surface area contributed by atoms with Crippen LogP contribution in [-0.2, 0) is 11.2 Å². The Kier molecular flexibility index (Phi) is 4.26. The van der Waals surface area contributed by atoms with Crippen LogP contribution in [-0.4, -0.2) is 22.9 Å². The van der Waals surface area contributed by atoms with Crippen LogP contribution in [0.25, 0.3) is 0 Å². The average molecular weight is 241 g/mol. The van der Waals surface area contributed by atoms with Gasteiger partial charge in [-0.15, -0.1) is 10.2 Å². The Bertz CT molecular complexity index is 323. The van der Waals surface area contributed by atoms with Gasteiger partial charge in [0.1, 0.15) is 10.0 Å². The van der Waals surface area contributed by atoms with Crippen LogP contribution in [0.5, 0.6) is 0 Å². The topological polar surface area (TPSA) is 61.0 Å². The molecule has 2 heterocycles. The van der Waals surface area contributed by atoms with Gasteiger partial charge in [0.15, 0.2) is 0 Å². The number of hydrogen-bond acceptors (Lipinski definition) is 5. The summed E-state index contributed by atoms with van der Waals surface area (Å²) in [6.07, 6.45) is 5.76. The third-order valence-corrected chi connectivity index (χ3v) is 3.99. The van der Waals surface area contributed by atoms with Crippen molar-refractivity contribution in [2.24, 2.45) is 5.73 Å². The summed E-state index contributed by atoms with van der Waals surface area (Å²) in [7, 11) is 0. The quantitative estimate of drug-likeness (QED) is 0.876. The molecule has 1 fully saturated rings. The molecule has 2 rings (SSSR count). The first-order chi connectivity index (χ1) is 7.79. The molecule has 2 unspecified atom stereocenters. The van der Waals surface area contributed by atoms with Gasteiger partial charge in [-0.25, -0.2) is 0 Å². The summed E-state index contributed by atoms with van der Waals surface area (Å²) in [6.45, 7) is 2.96. The van der Waals surface area contributed by atoms with E-state index in [1.165, 1.54) is 12.8 Å². The van der Waals surface area contributed by atoms with Crippen molar-refractivity contribution in [1.82, 2.24) is 10.2 Å². The molecule has 0 radical (unpaired) electrons. The van der Waals surface area contributed by atoms with Gasteiger partial charge in [-0.05, 0) is 25.7 Å². The fourth-order valence-electron chi connectivity index (χ4n) is 1.84. The molecule has 0 bridgehead atoms. The lowest BCUT2D eigenvalue weighted by Crippen LogP contribution is -2.21. The first-order valence-corrected chi connectivity index (χ1v) is 6.80. The van der Waals surface area contributed by atoms with Gasteiger partial charge in [-0.2, -0.15) is 0 Å². The van der Waals surface area contributed by atoms with Crippen LogP contribution in [0, 0.1) is 0 Å². The van der Waals surface area contributed by atoms with Gasteiger partial charge in [-0.1, -0.05) is 18.3 Å². The number of nitrogens with zero attached hydrogens (tertiary/aromatic N) is 2. The van der Waals surface area contributed by atoms with E-state index >= 15 is 0 Å². The van der Waals surface area contributed by atoms with E-state index in [0.29, 0.717) is 6.10 Å². The van der Waals surface area contributed by atoms with Crippen LogP contribution >= 0.6 is 11.3 Å². The molecular formula is C11H19N3OS. The largest absolute Gasteiger partial charge is 0.378 e. The zero-order chi connectivity index (χ0) is 11.4.